The molecule has 0 spiro atoms. The van der Waals surface area contributed by atoms with Gasteiger partial charge < -0.3 is 19.6 Å². The molecule has 3 rings (SSSR count). The van der Waals surface area contributed by atoms with Crippen LogP contribution < -0.4 is 19.6 Å². The van der Waals surface area contributed by atoms with Gasteiger partial charge in [0, 0.05) is 12.6 Å². The molecule has 1 heterocycles. The monoisotopic (exact) mass is 447 g/mol. The van der Waals surface area contributed by atoms with E-state index in [4.69, 9.17) is 14.3 Å². The zero-order valence-electron chi connectivity index (χ0n) is 15.9. The van der Waals surface area contributed by atoms with Crippen molar-refractivity contribution in [2.45, 2.75) is 11.8 Å². The number of thioether (sulfide) groups is 1. The van der Waals surface area contributed by atoms with Crippen LogP contribution in [0.1, 0.15) is 12.5 Å². The average Bonchev–Trinajstić information content (AvgIpc) is 2.98. The number of anilines is 1. The quantitative estimate of drug-likeness (QED) is 0.457. The van der Waals surface area contributed by atoms with Crippen LogP contribution in [0.15, 0.2) is 52.3 Å². The van der Waals surface area contributed by atoms with Crippen LogP contribution >= 0.6 is 11.8 Å². The third-order valence-corrected chi connectivity index (χ3v) is 5.89. The summed E-state index contributed by atoms with van der Waals surface area (Å²) in [5.74, 6) is -0.555. The summed E-state index contributed by atoms with van der Waals surface area (Å²) in [6.07, 6.45) is 1.52. The van der Waals surface area contributed by atoms with Crippen LogP contribution in [0, 0.1) is 5.41 Å². The van der Waals surface area contributed by atoms with Gasteiger partial charge >= 0.3 is 10.1 Å². The fourth-order valence-corrected chi connectivity index (χ4v) is 4.15. The van der Waals surface area contributed by atoms with Crippen LogP contribution in [-0.2, 0) is 19.7 Å². The lowest BCUT2D eigenvalue weighted by Crippen LogP contribution is -2.18. The normalized spacial score (nSPS) is 15.1. The molecule has 0 saturated carbocycles. The molecule has 0 aromatic heterocycles. The second kappa shape index (κ2) is 8.59. The highest BCUT2D eigenvalue weighted by Gasteiger charge is 2.23. The minimum Gasteiger partial charge on any atom is -0.493 e. The molecule has 11 heteroatoms. The second-order valence-electron chi connectivity index (χ2n) is 6.05. The first-order chi connectivity index (χ1) is 14.2. The van der Waals surface area contributed by atoms with Crippen molar-refractivity contribution in [1.82, 2.24) is 5.32 Å². The molecule has 2 amide bonds. The minimum atomic E-state index is -4.19. The van der Waals surface area contributed by atoms with Crippen LogP contribution in [-0.4, -0.2) is 32.5 Å². The van der Waals surface area contributed by atoms with Crippen molar-refractivity contribution in [3.63, 3.8) is 0 Å². The third kappa shape index (κ3) is 4.99. The summed E-state index contributed by atoms with van der Waals surface area (Å²) >= 11 is 0.963. The standard InChI is InChI=1S/C19H17N3O6S2/c1-11(23)21-13-4-6-14(7-5-13)30(25,26)28-16-9-12(3-8-15(16)27-2)10-17-18(24)22-19(20)29-17/h3-10H,1-2H3,(H,21,23)(H2,20,22,24)/b17-10-. The van der Waals surface area contributed by atoms with Crippen LogP contribution in [0.2, 0.25) is 0 Å². The number of carbonyl (C=O) groups is 2. The predicted molar refractivity (Wildman–Crippen MR) is 113 cm³/mol. The molecule has 1 aliphatic rings. The molecule has 3 N–H and O–H groups in total. The predicted octanol–water partition coefficient (Wildman–Crippen LogP) is 2.56. The lowest BCUT2D eigenvalue weighted by molar-refractivity contribution is -0.115. The van der Waals surface area contributed by atoms with Crippen LogP contribution in [0.3, 0.4) is 0 Å². The van der Waals surface area contributed by atoms with Gasteiger partial charge in [0.25, 0.3) is 5.91 Å². The number of ether oxygens (including phenoxy) is 1. The molecule has 0 atom stereocenters. The first kappa shape index (κ1) is 21.4. The first-order valence-corrected chi connectivity index (χ1v) is 10.7. The van der Waals surface area contributed by atoms with Crippen LogP contribution in [0.4, 0.5) is 5.69 Å². The Balaban J connectivity index is 1.89. The molecule has 2 aromatic carbocycles. The highest BCUT2D eigenvalue weighted by molar-refractivity contribution is 8.18. The maximum atomic E-state index is 12.7. The molecule has 0 radical (unpaired) electrons. The summed E-state index contributed by atoms with van der Waals surface area (Å²) in [6, 6.07) is 10.1. The van der Waals surface area contributed by atoms with E-state index in [9.17, 15) is 18.0 Å². The zero-order valence-corrected chi connectivity index (χ0v) is 17.5. The van der Waals surface area contributed by atoms with E-state index in [1.54, 1.807) is 6.07 Å². The number of hydrogen-bond donors (Lipinski definition) is 3. The summed E-state index contributed by atoms with van der Waals surface area (Å²) in [6.45, 7) is 1.35. The van der Waals surface area contributed by atoms with E-state index in [1.165, 1.54) is 56.5 Å². The molecule has 1 fully saturated rings. The number of methoxy groups -OCH3 is 1. The summed E-state index contributed by atoms with van der Waals surface area (Å²) in [4.78, 5) is 23.1. The molecule has 0 aliphatic carbocycles. The number of hydrogen-bond acceptors (Lipinski definition) is 8. The molecule has 9 nitrogen and oxygen atoms in total. The summed E-state index contributed by atoms with van der Waals surface area (Å²) in [5.41, 5.74) is 0.944. The Kier molecular flexibility index (Phi) is 6.13. The fourth-order valence-electron chi connectivity index (χ4n) is 2.52. The maximum absolute atomic E-state index is 12.7. The van der Waals surface area contributed by atoms with Crippen molar-refractivity contribution in [2.75, 3.05) is 12.4 Å². The average molecular weight is 447 g/mol. The van der Waals surface area contributed by atoms with Crippen molar-refractivity contribution < 1.29 is 26.9 Å². The van der Waals surface area contributed by atoms with Gasteiger partial charge in [0.1, 0.15) is 4.90 Å². The SMILES string of the molecule is COc1ccc(/C=C2\SC(=N)NC2=O)cc1OS(=O)(=O)c1ccc(NC(C)=O)cc1. The molecule has 156 valence electrons. The van der Waals surface area contributed by atoms with Gasteiger partial charge in [-0.1, -0.05) is 6.07 Å². The highest BCUT2D eigenvalue weighted by atomic mass is 32.2. The van der Waals surface area contributed by atoms with E-state index in [2.05, 4.69) is 10.6 Å². The van der Waals surface area contributed by atoms with Gasteiger partial charge in [-0.15, -0.1) is 0 Å². The number of rotatable bonds is 6. The molecular weight excluding hydrogens is 430 g/mol. The Morgan fingerprint density at radius 3 is 2.43 bits per heavy atom. The minimum absolute atomic E-state index is 0.0153. The maximum Gasteiger partial charge on any atom is 0.339 e. The van der Waals surface area contributed by atoms with Crippen molar-refractivity contribution in [1.29, 1.82) is 5.41 Å². The molecular formula is C19H17N3O6S2. The molecule has 30 heavy (non-hydrogen) atoms. The Bertz CT molecular complexity index is 1160. The van der Waals surface area contributed by atoms with Gasteiger partial charge in [-0.05, 0) is 59.8 Å². The number of benzene rings is 2. The fraction of sp³-hybridized carbons (Fsp3) is 0.105. The molecule has 0 unspecified atom stereocenters. The Hall–Kier alpha value is -3.31. The summed E-state index contributed by atoms with van der Waals surface area (Å²) in [7, 11) is -2.81. The van der Waals surface area contributed by atoms with Gasteiger partial charge in [-0.25, -0.2) is 0 Å². The number of amides is 2. The number of carbonyl (C=O) groups excluding carboxylic acids is 2. The van der Waals surface area contributed by atoms with E-state index in [0.29, 0.717) is 16.2 Å². The van der Waals surface area contributed by atoms with E-state index >= 15 is 0 Å². The van der Waals surface area contributed by atoms with Gasteiger partial charge in [-0.3, -0.25) is 15.0 Å². The largest absolute Gasteiger partial charge is 0.493 e. The Labute approximate surface area is 177 Å². The first-order valence-electron chi connectivity index (χ1n) is 8.47. The molecule has 1 saturated heterocycles. The number of nitrogens with one attached hydrogen (secondary N) is 3. The summed E-state index contributed by atoms with van der Waals surface area (Å²) in [5, 5.41) is 12.4. The number of amidine groups is 1. The topological polar surface area (TPSA) is 135 Å². The lowest BCUT2D eigenvalue weighted by Gasteiger charge is -2.12. The smallest absolute Gasteiger partial charge is 0.339 e. The summed E-state index contributed by atoms with van der Waals surface area (Å²) < 4.78 is 35.8. The lowest BCUT2D eigenvalue weighted by atomic mass is 10.2. The van der Waals surface area contributed by atoms with Crippen molar-refractivity contribution in [3.05, 3.63) is 52.9 Å². The zero-order chi connectivity index (χ0) is 21.9. The molecule has 0 bridgehead atoms. The van der Waals surface area contributed by atoms with E-state index in [1.807, 2.05) is 0 Å². The third-order valence-electron chi connectivity index (χ3n) is 3.81. The van der Waals surface area contributed by atoms with Gasteiger partial charge in [0.15, 0.2) is 16.7 Å². The van der Waals surface area contributed by atoms with Crippen molar-refractivity contribution in [2.24, 2.45) is 0 Å². The second-order valence-corrected chi connectivity index (χ2v) is 8.65. The van der Waals surface area contributed by atoms with Gasteiger partial charge in [0.2, 0.25) is 5.91 Å². The van der Waals surface area contributed by atoms with Crippen molar-refractivity contribution >= 4 is 50.6 Å². The Morgan fingerprint density at radius 1 is 1.17 bits per heavy atom. The van der Waals surface area contributed by atoms with E-state index in [-0.39, 0.29) is 27.5 Å². The molecule has 2 aromatic rings. The van der Waals surface area contributed by atoms with Crippen LogP contribution in [0.25, 0.3) is 6.08 Å². The van der Waals surface area contributed by atoms with Crippen LogP contribution in [0.5, 0.6) is 11.5 Å². The highest BCUT2D eigenvalue weighted by Crippen LogP contribution is 2.33. The van der Waals surface area contributed by atoms with Gasteiger partial charge in [-0.2, -0.15) is 8.42 Å². The molecule has 1 aliphatic heterocycles. The van der Waals surface area contributed by atoms with E-state index in [0.717, 1.165) is 11.8 Å². The Morgan fingerprint density at radius 2 is 1.87 bits per heavy atom. The van der Waals surface area contributed by atoms with Crippen molar-refractivity contribution in [3.8, 4) is 11.5 Å². The van der Waals surface area contributed by atoms with Gasteiger partial charge in [0.05, 0.1) is 12.0 Å². The van der Waals surface area contributed by atoms with E-state index < -0.39 is 16.0 Å².